The fraction of sp³-hybridized carbons (Fsp3) is 0.636. The molecule has 9 heteroatoms. The van der Waals surface area contributed by atoms with Gasteiger partial charge in [0.25, 0.3) is 0 Å². The van der Waals surface area contributed by atoms with Gasteiger partial charge in [-0.05, 0) is 29.8 Å². The third-order valence-corrected chi connectivity index (χ3v) is 10.6. The molecule has 2 fully saturated rings. The summed E-state index contributed by atoms with van der Waals surface area (Å²) < 4.78 is 21.6. The lowest BCUT2D eigenvalue weighted by Gasteiger charge is -2.52. The van der Waals surface area contributed by atoms with Crippen molar-refractivity contribution in [2.45, 2.75) is 39.3 Å². The summed E-state index contributed by atoms with van der Waals surface area (Å²) in [7, 11) is -2.16. The molecule has 0 saturated carbocycles. The molecular weight excluding hydrogens is 429 g/mol. The summed E-state index contributed by atoms with van der Waals surface area (Å²) in [5.41, 5.74) is 5.36. The van der Waals surface area contributed by atoms with Crippen LogP contribution in [0.5, 0.6) is 0 Å². The van der Waals surface area contributed by atoms with Crippen LogP contribution in [0.2, 0.25) is 0 Å². The van der Waals surface area contributed by atoms with E-state index in [1.165, 1.54) is 5.56 Å². The van der Waals surface area contributed by atoms with Gasteiger partial charge in [-0.2, -0.15) is 5.10 Å². The Hall–Kier alpha value is -1.15. The fourth-order valence-corrected chi connectivity index (χ4v) is 8.86. The largest absolute Gasteiger partial charge is 0.379 e. The number of nitrogens with zero attached hydrogens (tertiary/aromatic N) is 4. The second-order valence-electron chi connectivity index (χ2n) is 8.74. The van der Waals surface area contributed by atoms with Crippen molar-refractivity contribution < 1.29 is 9.47 Å². The van der Waals surface area contributed by atoms with Crippen LogP contribution < -0.4 is 5.43 Å². The first kappa shape index (κ1) is 24.5. The zero-order valence-electron chi connectivity index (χ0n) is 19.2. The molecule has 2 saturated heterocycles. The minimum absolute atomic E-state index is 0.0763. The van der Waals surface area contributed by atoms with Crippen molar-refractivity contribution in [2.75, 3.05) is 52.6 Å². The van der Waals surface area contributed by atoms with Gasteiger partial charge in [0.2, 0.25) is 5.11 Å². The monoisotopic (exact) mass is 465 g/mol. The van der Waals surface area contributed by atoms with Crippen LogP contribution in [0.1, 0.15) is 38.8 Å². The quantitative estimate of drug-likeness (QED) is 0.308. The van der Waals surface area contributed by atoms with E-state index in [9.17, 15) is 0 Å². The Bertz CT molecular complexity index is 788. The van der Waals surface area contributed by atoms with Crippen molar-refractivity contribution in [1.29, 1.82) is 0 Å². The minimum atomic E-state index is -2.16. The van der Waals surface area contributed by atoms with Crippen LogP contribution in [0.15, 0.2) is 34.1 Å². The average molecular weight is 466 g/mol. The van der Waals surface area contributed by atoms with Crippen LogP contribution in [-0.4, -0.2) is 78.4 Å². The van der Waals surface area contributed by atoms with Crippen molar-refractivity contribution in [3.63, 3.8) is 0 Å². The number of aryl methyl sites for hydroxylation is 1. The number of morpholine rings is 2. The van der Waals surface area contributed by atoms with Gasteiger partial charge in [-0.25, -0.2) is 4.74 Å². The Kier molecular flexibility index (Phi) is 8.79. The molecule has 2 aliphatic heterocycles. The Morgan fingerprint density at radius 3 is 2.00 bits per heavy atom. The second-order valence-corrected chi connectivity index (χ2v) is 12.9. The zero-order chi connectivity index (χ0) is 22.3. The third kappa shape index (κ3) is 6.01. The Labute approximate surface area is 192 Å². The number of hydrazone groups is 1. The summed E-state index contributed by atoms with van der Waals surface area (Å²) in [5.74, 6) is 0. The minimum Gasteiger partial charge on any atom is -0.379 e. The van der Waals surface area contributed by atoms with Gasteiger partial charge in [0, 0.05) is 31.3 Å². The molecule has 0 unspecified atom stereocenters. The smallest absolute Gasteiger partial charge is 0.214 e. The molecule has 7 nitrogen and oxygen atoms in total. The predicted octanol–water partition coefficient (Wildman–Crippen LogP) is 3.95. The highest BCUT2D eigenvalue weighted by molar-refractivity contribution is 7.81. The summed E-state index contributed by atoms with van der Waals surface area (Å²) in [6, 6.07) is 8.38. The number of hydrogen-bond donors (Lipinski definition) is 1. The molecule has 0 spiro atoms. The molecular formula is C22H36N5O2PS. The number of hydrogen-bond acceptors (Lipinski definition) is 4. The lowest BCUT2D eigenvalue weighted by Crippen LogP contribution is -2.48. The molecule has 172 valence electrons. The maximum absolute atomic E-state index is 5.69. The number of ether oxygens (including phenoxy) is 2. The average Bonchev–Trinajstić information content (AvgIpc) is 2.78. The summed E-state index contributed by atoms with van der Waals surface area (Å²) in [6.45, 7) is 15.3. The molecule has 1 N–H and O–H groups in total. The molecule has 0 radical (unpaired) electrons. The highest BCUT2D eigenvalue weighted by Gasteiger charge is 2.45. The second kappa shape index (κ2) is 11.1. The zero-order valence-corrected chi connectivity index (χ0v) is 20.9. The standard InChI is InChI=1S/C22H36N5O2PS/c1-5-19-6-8-20(9-7-19)18-23-24-21(31)25-30(22(2,3)4,26-10-14-28-15-11-26)27-12-16-29-17-13-27/h6-9,18H,5,10-17H2,1-4H3,(H,24,31). The molecule has 3 rings (SSSR count). The van der Waals surface area contributed by atoms with Crippen LogP contribution >= 0.6 is 19.6 Å². The van der Waals surface area contributed by atoms with Crippen LogP contribution in [0.3, 0.4) is 0 Å². The maximum Gasteiger partial charge on any atom is 0.214 e. The topological polar surface area (TPSA) is 61.7 Å². The summed E-state index contributed by atoms with van der Waals surface area (Å²) in [4.78, 5) is 0. The van der Waals surface area contributed by atoms with E-state index in [-0.39, 0.29) is 5.16 Å². The van der Waals surface area contributed by atoms with Gasteiger partial charge in [0.05, 0.1) is 32.6 Å². The Balaban J connectivity index is 1.87. The SMILES string of the molecule is CCc1ccc(C=NNC(=S)N=P(N2CCOCC2)(N2CCOCC2)C(C)(C)C)cc1. The molecule has 0 aliphatic carbocycles. The Morgan fingerprint density at radius 1 is 1.03 bits per heavy atom. The van der Waals surface area contributed by atoms with E-state index in [1.807, 2.05) is 0 Å². The van der Waals surface area contributed by atoms with E-state index < -0.39 is 7.36 Å². The lowest BCUT2D eigenvalue weighted by molar-refractivity contribution is 0.0551. The maximum atomic E-state index is 5.69. The van der Waals surface area contributed by atoms with Gasteiger partial charge in [-0.15, -0.1) is 0 Å². The van der Waals surface area contributed by atoms with E-state index in [4.69, 9.17) is 26.4 Å². The highest BCUT2D eigenvalue weighted by atomic mass is 32.1. The number of benzene rings is 1. The highest BCUT2D eigenvalue weighted by Crippen LogP contribution is 2.66. The first-order valence-electron chi connectivity index (χ1n) is 11.1. The van der Waals surface area contributed by atoms with Gasteiger partial charge >= 0.3 is 0 Å². The molecule has 2 aliphatic rings. The molecule has 2 heterocycles. The molecule has 0 atom stereocenters. The van der Waals surface area contributed by atoms with E-state index in [2.05, 4.69) is 71.8 Å². The number of nitrogens with one attached hydrogen (secondary N) is 1. The van der Waals surface area contributed by atoms with E-state index in [0.717, 1.165) is 64.6 Å². The summed E-state index contributed by atoms with van der Waals surface area (Å²) >= 11 is 5.69. The first-order valence-corrected chi connectivity index (χ1v) is 13.1. The van der Waals surface area contributed by atoms with Gasteiger partial charge in [-0.3, -0.25) is 14.8 Å². The van der Waals surface area contributed by atoms with Crippen molar-refractivity contribution in [3.8, 4) is 0 Å². The van der Waals surface area contributed by atoms with Gasteiger partial charge in [0.1, 0.15) is 7.36 Å². The molecule has 31 heavy (non-hydrogen) atoms. The van der Waals surface area contributed by atoms with Crippen molar-refractivity contribution in [1.82, 2.24) is 14.8 Å². The van der Waals surface area contributed by atoms with Gasteiger partial charge < -0.3 is 9.47 Å². The van der Waals surface area contributed by atoms with Crippen LogP contribution in [-0.2, 0) is 15.9 Å². The molecule has 1 aromatic carbocycles. The van der Waals surface area contributed by atoms with Crippen LogP contribution in [0, 0.1) is 0 Å². The predicted molar refractivity (Wildman–Crippen MR) is 133 cm³/mol. The van der Waals surface area contributed by atoms with Gasteiger partial charge in [0.15, 0.2) is 0 Å². The fourth-order valence-electron chi connectivity index (χ4n) is 4.12. The summed E-state index contributed by atoms with van der Waals surface area (Å²) in [5, 5.41) is 4.73. The number of rotatable bonds is 5. The molecule has 0 amide bonds. The lowest BCUT2D eigenvalue weighted by atomic mass is 10.1. The van der Waals surface area contributed by atoms with E-state index >= 15 is 0 Å². The molecule has 0 aromatic heterocycles. The number of thiocarbonyl (C=S) groups is 1. The third-order valence-electron chi connectivity index (χ3n) is 5.66. The van der Waals surface area contributed by atoms with Crippen LogP contribution in [0.25, 0.3) is 0 Å². The molecule has 0 bridgehead atoms. The van der Waals surface area contributed by atoms with E-state index in [1.54, 1.807) is 6.21 Å². The van der Waals surface area contributed by atoms with Crippen LogP contribution in [0.4, 0.5) is 0 Å². The Morgan fingerprint density at radius 2 is 1.55 bits per heavy atom. The normalized spacial score (nSPS) is 19.5. The first-order chi connectivity index (χ1) is 14.9. The van der Waals surface area contributed by atoms with Crippen molar-refractivity contribution >= 4 is 30.9 Å². The van der Waals surface area contributed by atoms with Gasteiger partial charge in [-0.1, -0.05) is 52.0 Å². The van der Waals surface area contributed by atoms with E-state index in [0.29, 0.717) is 5.11 Å². The van der Waals surface area contributed by atoms with Crippen molar-refractivity contribution in [3.05, 3.63) is 35.4 Å². The summed E-state index contributed by atoms with van der Waals surface area (Å²) in [6.07, 6.45) is 2.82. The van der Waals surface area contributed by atoms with Crippen molar-refractivity contribution in [2.24, 2.45) is 9.85 Å². The molecule has 1 aromatic rings.